The lowest BCUT2D eigenvalue weighted by Gasteiger charge is -2.08. The van der Waals surface area contributed by atoms with E-state index in [0.717, 1.165) is 5.56 Å². The van der Waals surface area contributed by atoms with Crippen LogP contribution in [0.25, 0.3) is 0 Å². The maximum absolute atomic E-state index is 11.6. The second-order valence-electron chi connectivity index (χ2n) is 3.69. The van der Waals surface area contributed by atoms with Crippen molar-refractivity contribution in [3.8, 4) is 0 Å². The van der Waals surface area contributed by atoms with E-state index in [0.29, 0.717) is 23.0 Å². The lowest BCUT2D eigenvalue weighted by molar-refractivity contribution is 0.251. The van der Waals surface area contributed by atoms with E-state index in [1.54, 1.807) is 37.4 Å². The quantitative estimate of drug-likeness (QED) is 0.897. The molecular weight excluding hydrogens is 254 g/mol. The van der Waals surface area contributed by atoms with Crippen LogP contribution in [0.2, 0.25) is 5.02 Å². The summed E-state index contributed by atoms with van der Waals surface area (Å²) in [6, 6.07) is 6.70. The molecule has 2 amide bonds. The molecule has 1 aromatic heterocycles. The van der Waals surface area contributed by atoms with Gasteiger partial charge in [-0.15, -0.1) is 0 Å². The van der Waals surface area contributed by atoms with Gasteiger partial charge in [0, 0.05) is 12.1 Å². The van der Waals surface area contributed by atoms with Crippen LogP contribution in [0.15, 0.2) is 35.0 Å². The SMILES string of the molecule is Cc1oncc1CNC(=O)Nc1ccccc1Cl. The van der Waals surface area contributed by atoms with Crippen LogP contribution in [0.1, 0.15) is 11.3 Å². The Morgan fingerprint density at radius 2 is 2.22 bits per heavy atom. The van der Waals surface area contributed by atoms with Crippen LogP contribution in [-0.2, 0) is 6.54 Å². The van der Waals surface area contributed by atoms with E-state index < -0.39 is 0 Å². The van der Waals surface area contributed by atoms with Crippen molar-refractivity contribution in [3.05, 3.63) is 46.8 Å². The fourth-order valence-electron chi connectivity index (χ4n) is 1.39. The van der Waals surface area contributed by atoms with Gasteiger partial charge in [0.1, 0.15) is 5.76 Å². The van der Waals surface area contributed by atoms with Crippen LogP contribution < -0.4 is 10.6 Å². The molecule has 0 saturated heterocycles. The number of anilines is 1. The number of aryl methyl sites for hydroxylation is 1. The van der Waals surface area contributed by atoms with Gasteiger partial charge < -0.3 is 15.2 Å². The number of amides is 2. The number of halogens is 1. The summed E-state index contributed by atoms with van der Waals surface area (Å²) in [5, 5.41) is 9.48. The van der Waals surface area contributed by atoms with Crippen LogP contribution in [0.4, 0.5) is 10.5 Å². The van der Waals surface area contributed by atoms with Gasteiger partial charge in [-0.2, -0.15) is 0 Å². The van der Waals surface area contributed by atoms with Gasteiger partial charge in [0.2, 0.25) is 0 Å². The Labute approximate surface area is 109 Å². The largest absolute Gasteiger partial charge is 0.361 e. The Hall–Kier alpha value is -2.01. The van der Waals surface area contributed by atoms with Gasteiger partial charge in [-0.05, 0) is 19.1 Å². The first kappa shape index (κ1) is 12.4. The predicted octanol–water partition coefficient (Wildman–Crippen LogP) is 2.96. The molecular formula is C12H12ClN3O2. The number of urea groups is 1. The summed E-state index contributed by atoms with van der Waals surface area (Å²) < 4.78 is 4.89. The maximum atomic E-state index is 11.6. The highest BCUT2D eigenvalue weighted by Gasteiger charge is 2.07. The molecule has 0 saturated carbocycles. The molecule has 0 fully saturated rings. The van der Waals surface area contributed by atoms with E-state index in [-0.39, 0.29) is 6.03 Å². The van der Waals surface area contributed by atoms with Crippen molar-refractivity contribution < 1.29 is 9.32 Å². The Balaban J connectivity index is 1.90. The fourth-order valence-corrected chi connectivity index (χ4v) is 1.58. The van der Waals surface area contributed by atoms with Crippen molar-refractivity contribution in [3.63, 3.8) is 0 Å². The Kier molecular flexibility index (Phi) is 3.84. The summed E-state index contributed by atoms with van der Waals surface area (Å²) in [7, 11) is 0. The minimum atomic E-state index is -0.330. The monoisotopic (exact) mass is 265 g/mol. The molecule has 1 heterocycles. The molecule has 0 unspecified atom stereocenters. The molecule has 5 nitrogen and oxygen atoms in total. The van der Waals surface area contributed by atoms with Crippen molar-refractivity contribution in [1.29, 1.82) is 0 Å². The molecule has 18 heavy (non-hydrogen) atoms. The molecule has 0 aliphatic rings. The number of carbonyl (C=O) groups excluding carboxylic acids is 1. The van der Waals surface area contributed by atoms with E-state index in [1.165, 1.54) is 0 Å². The summed E-state index contributed by atoms with van der Waals surface area (Å²) in [4.78, 5) is 11.6. The van der Waals surface area contributed by atoms with Gasteiger partial charge in [-0.3, -0.25) is 0 Å². The second-order valence-corrected chi connectivity index (χ2v) is 4.10. The van der Waals surface area contributed by atoms with Crippen molar-refractivity contribution in [2.45, 2.75) is 13.5 Å². The first-order chi connectivity index (χ1) is 8.66. The number of carbonyl (C=O) groups is 1. The standard InChI is InChI=1S/C12H12ClN3O2/c1-8-9(7-15-18-8)6-14-12(17)16-11-5-3-2-4-10(11)13/h2-5,7H,6H2,1H3,(H2,14,16,17). The van der Waals surface area contributed by atoms with Gasteiger partial charge in [-0.1, -0.05) is 28.9 Å². The summed E-state index contributed by atoms with van der Waals surface area (Å²) >= 11 is 5.93. The van der Waals surface area contributed by atoms with Gasteiger partial charge >= 0.3 is 6.03 Å². The molecule has 0 spiro atoms. The van der Waals surface area contributed by atoms with Crippen LogP contribution in [0, 0.1) is 6.92 Å². The van der Waals surface area contributed by atoms with Crippen molar-refractivity contribution in [2.75, 3.05) is 5.32 Å². The third-order valence-corrected chi connectivity index (χ3v) is 2.74. The van der Waals surface area contributed by atoms with Gasteiger partial charge in [0.15, 0.2) is 0 Å². The third kappa shape index (κ3) is 3.01. The first-order valence-electron chi connectivity index (χ1n) is 5.36. The van der Waals surface area contributed by atoms with Crippen molar-refractivity contribution >= 4 is 23.3 Å². The summed E-state index contributed by atoms with van der Waals surface area (Å²) in [5.74, 6) is 0.688. The fraction of sp³-hybridized carbons (Fsp3) is 0.167. The number of hydrogen-bond acceptors (Lipinski definition) is 3. The lowest BCUT2D eigenvalue weighted by atomic mass is 10.3. The van der Waals surface area contributed by atoms with Gasteiger partial charge in [-0.25, -0.2) is 4.79 Å². The smallest absolute Gasteiger partial charge is 0.319 e. The molecule has 0 bridgehead atoms. The predicted molar refractivity (Wildman–Crippen MR) is 68.6 cm³/mol. The molecule has 2 rings (SSSR count). The number of nitrogens with zero attached hydrogens (tertiary/aromatic N) is 1. The molecule has 0 atom stereocenters. The maximum Gasteiger partial charge on any atom is 0.319 e. The highest BCUT2D eigenvalue weighted by atomic mass is 35.5. The Morgan fingerprint density at radius 3 is 2.89 bits per heavy atom. The second kappa shape index (κ2) is 5.55. The molecule has 1 aromatic carbocycles. The highest BCUT2D eigenvalue weighted by molar-refractivity contribution is 6.33. The molecule has 6 heteroatoms. The van der Waals surface area contributed by atoms with Crippen LogP contribution in [-0.4, -0.2) is 11.2 Å². The molecule has 2 N–H and O–H groups in total. The topological polar surface area (TPSA) is 67.2 Å². The minimum Gasteiger partial charge on any atom is -0.361 e. The van der Waals surface area contributed by atoms with E-state index >= 15 is 0 Å². The van der Waals surface area contributed by atoms with E-state index in [4.69, 9.17) is 16.1 Å². The zero-order chi connectivity index (χ0) is 13.0. The van der Waals surface area contributed by atoms with E-state index in [2.05, 4.69) is 15.8 Å². The zero-order valence-electron chi connectivity index (χ0n) is 9.74. The van der Waals surface area contributed by atoms with Crippen LogP contribution >= 0.6 is 11.6 Å². The summed E-state index contributed by atoms with van der Waals surface area (Å²) in [6.45, 7) is 2.14. The van der Waals surface area contributed by atoms with Gasteiger partial charge in [0.05, 0.1) is 16.9 Å². The van der Waals surface area contributed by atoms with Gasteiger partial charge in [0.25, 0.3) is 0 Å². The first-order valence-corrected chi connectivity index (χ1v) is 5.74. The number of nitrogens with one attached hydrogen (secondary N) is 2. The minimum absolute atomic E-state index is 0.330. The normalized spacial score (nSPS) is 10.1. The summed E-state index contributed by atoms with van der Waals surface area (Å²) in [5.41, 5.74) is 1.41. The molecule has 0 radical (unpaired) electrons. The molecule has 94 valence electrons. The van der Waals surface area contributed by atoms with Crippen molar-refractivity contribution in [2.24, 2.45) is 0 Å². The number of rotatable bonds is 3. The van der Waals surface area contributed by atoms with Crippen molar-refractivity contribution in [1.82, 2.24) is 10.5 Å². The van der Waals surface area contributed by atoms with Crippen LogP contribution in [0.5, 0.6) is 0 Å². The zero-order valence-corrected chi connectivity index (χ0v) is 10.5. The lowest BCUT2D eigenvalue weighted by Crippen LogP contribution is -2.28. The third-order valence-electron chi connectivity index (χ3n) is 2.41. The molecule has 0 aliphatic heterocycles. The average molecular weight is 266 g/mol. The van der Waals surface area contributed by atoms with E-state index in [9.17, 15) is 4.79 Å². The highest BCUT2D eigenvalue weighted by Crippen LogP contribution is 2.20. The van der Waals surface area contributed by atoms with Crippen LogP contribution in [0.3, 0.4) is 0 Å². The number of aromatic nitrogens is 1. The molecule has 2 aromatic rings. The number of benzene rings is 1. The Morgan fingerprint density at radius 1 is 1.44 bits per heavy atom. The average Bonchev–Trinajstić information content (AvgIpc) is 2.75. The Bertz CT molecular complexity index is 554. The summed E-state index contributed by atoms with van der Waals surface area (Å²) in [6.07, 6.45) is 1.57. The number of para-hydroxylation sites is 1. The van der Waals surface area contributed by atoms with E-state index in [1.807, 2.05) is 0 Å². The number of hydrogen-bond donors (Lipinski definition) is 2. The molecule has 0 aliphatic carbocycles.